The summed E-state index contributed by atoms with van der Waals surface area (Å²) in [6.07, 6.45) is 4.24. The largest absolute Gasteiger partial charge is 0.326 e. The second kappa shape index (κ2) is 8.54. The van der Waals surface area contributed by atoms with Crippen LogP contribution in [-0.4, -0.2) is 15.7 Å². The highest BCUT2D eigenvalue weighted by Crippen LogP contribution is 2.25. The summed E-state index contributed by atoms with van der Waals surface area (Å²) in [6, 6.07) is 11.7. The number of aromatic nitrogens is 2. The molecule has 0 spiro atoms. The first-order valence-corrected chi connectivity index (χ1v) is 9.31. The molecule has 28 heavy (non-hydrogen) atoms. The molecular formula is C21H22ClFN4O. The van der Waals surface area contributed by atoms with Crippen LogP contribution in [0.1, 0.15) is 24.9 Å². The van der Waals surface area contributed by atoms with Crippen LogP contribution in [0.5, 0.6) is 0 Å². The molecule has 5 nitrogen and oxygen atoms in total. The van der Waals surface area contributed by atoms with E-state index in [0.717, 1.165) is 16.7 Å². The number of halogens is 2. The molecule has 2 unspecified atom stereocenters. The van der Waals surface area contributed by atoms with Gasteiger partial charge in [-0.05, 0) is 35.7 Å². The number of carbonyl (C=O) groups excluding carboxylic acids is 1. The third kappa shape index (κ3) is 4.77. The van der Waals surface area contributed by atoms with Gasteiger partial charge in [0.05, 0.1) is 11.2 Å². The Balaban J connectivity index is 1.60. The Kier molecular flexibility index (Phi) is 6.11. The molecule has 0 saturated carbocycles. The lowest BCUT2D eigenvalue weighted by Crippen LogP contribution is -2.24. The fraction of sp³-hybridized carbons (Fsp3) is 0.238. The number of hydrogen-bond acceptors (Lipinski definition) is 3. The van der Waals surface area contributed by atoms with Gasteiger partial charge in [-0.1, -0.05) is 42.8 Å². The molecule has 1 amide bonds. The lowest BCUT2D eigenvalue weighted by atomic mass is 9.94. The van der Waals surface area contributed by atoms with Crippen molar-refractivity contribution < 1.29 is 9.18 Å². The molecule has 7 heteroatoms. The first kappa shape index (κ1) is 20.0. The summed E-state index contributed by atoms with van der Waals surface area (Å²) in [4.78, 5) is 12.4. The van der Waals surface area contributed by atoms with E-state index in [0.29, 0.717) is 12.1 Å². The van der Waals surface area contributed by atoms with E-state index in [1.54, 1.807) is 4.68 Å². The maximum absolute atomic E-state index is 13.2. The molecule has 146 valence electrons. The van der Waals surface area contributed by atoms with Crippen LogP contribution >= 0.6 is 11.6 Å². The Morgan fingerprint density at radius 3 is 2.57 bits per heavy atom. The summed E-state index contributed by atoms with van der Waals surface area (Å²) in [5.41, 5.74) is 9.80. The highest BCUT2D eigenvalue weighted by Gasteiger charge is 2.18. The Morgan fingerprint density at radius 1 is 1.25 bits per heavy atom. The van der Waals surface area contributed by atoms with Gasteiger partial charge in [0.25, 0.3) is 0 Å². The second-order valence-electron chi connectivity index (χ2n) is 6.89. The van der Waals surface area contributed by atoms with Crippen molar-refractivity contribution in [3.63, 3.8) is 0 Å². The molecule has 2 atom stereocenters. The van der Waals surface area contributed by atoms with Crippen LogP contribution in [0.2, 0.25) is 5.02 Å². The zero-order valence-corrected chi connectivity index (χ0v) is 16.4. The van der Waals surface area contributed by atoms with Crippen molar-refractivity contribution in [1.29, 1.82) is 0 Å². The number of aryl methyl sites for hydroxylation is 1. The van der Waals surface area contributed by atoms with E-state index >= 15 is 0 Å². The van der Waals surface area contributed by atoms with Gasteiger partial charge in [0.1, 0.15) is 5.82 Å². The molecule has 3 aromatic rings. The number of amides is 1. The molecular weight excluding hydrogens is 379 g/mol. The summed E-state index contributed by atoms with van der Waals surface area (Å²) >= 11 is 5.75. The zero-order valence-electron chi connectivity index (χ0n) is 15.7. The van der Waals surface area contributed by atoms with Crippen LogP contribution in [-0.2, 0) is 11.8 Å². The summed E-state index contributed by atoms with van der Waals surface area (Å²) in [5.74, 6) is -1.04. The molecule has 0 aliphatic rings. The van der Waals surface area contributed by atoms with Crippen LogP contribution in [0.15, 0.2) is 54.9 Å². The SMILES string of the molecule is CC(CC(N)c1ccc(-c2cnn(C)c2)cc1)C(=O)Nc1ccc(F)c(Cl)c1. The minimum atomic E-state index is -0.524. The van der Waals surface area contributed by atoms with E-state index in [2.05, 4.69) is 10.4 Å². The van der Waals surface area contributed by atoms with E-state index < -0.39 is 5.82 Å². The molecule has 3 rings (SSSR count). The third-order valence-electron chi connectivity index (χ3n) is 4.62. The summed E-state index contributed by atoms with van der Waals surface area (Å²) in [6.45, 7) is 1.81. The van der Waals surface area contributed by atoms with Crippen LogP contribution in [0.25, 0.3) is 11.1 Å². The first-order valence-electron chi connectivity index (χ1n) is 8.94. The number of nitrogens with two attached hydrogens (primary N) is 1. The van der Waals surface area contributed by atoms with Gasteiger partial charge in [-0.3, -0.25) is 9.48 Å². The van der Waals surface area contributed by atoms with E-state index in [4.69, 9.17) is 17.3 Å². The summed E-state index contributed by atoms with van der Waals surface area (Å²) < 4.78 is 15.0. The number of nitrogens with one attached hydrogen (secondary N) is 1. The number of rotatable bonds is 6. The van der Waals surface area contributed by atoms with E-state index in [9.17, 15) is 9.18 Å². The van der Waals surface area contributed by atoms with Crippen LogP contribution in [0, 0.1) is 11.7 Å². The van der Waals surface area contributed by atoms with Crippen molar-refractivity contribution in [2.75, 3.05) is 5.32 Å². The lowest BCUT2D eigenvalue weighted by Gasteiger charge is -2.18. The summed E-state index contributed by atoms with van der Waals surface area (Å²) in [7, 11) is 1.88. The summed E-state index contributed by atoms with van der Waals surface area (Å²) in [5, 5.41) is 6.89. The van der Waals surface area contributed by atoms with Crippen molar-refractivity contribution in [2.45, 2.75) is 19.4 Å². The van der Waals surface area contributed by atoms with Crippen molar-refractivity contribution in [3.8, 4) is 11.1 Å². The quantitative estimate of drug-likeness (QED) is 0.637. The Bertz CT molecular complexity index is 971. The van der Waals surface area contributed by atoms with E-state index in [-0.39, 0.29) is 22.9 Å². The fourth-order valence-corrected chi connectivity index (χ4v) is 3.14. The minimum Gasteiger partial charge on any atom is -0.326 e. The van der Waals surface area contributed by atoms with Gasteiger partial charge in [0.2, 0.25) is 5.91 Å². The molecule has 3 N–H and O–H groups in total. The van der Waals surface area contributed by atoms with Gasteiger partial charge in [0, 0.05) is 36.5 Å². The predicted octanol–water partition coefficient (Wildman–Crippen LogP) is 4.54. The van der Waals surface area contributed by atoms with Gasteiger partial charge in [-0.15, -0.1) is 0 Å². The highest BCUT2D eigenvalue weighted by molar-refractivity contribution is 6.31. The molecule has 0 bridgehead atoms. The molecule has 1 aromatic heterocycles. The fourth-order valence-electron chi connectivity index (χ4n) is 2.96. The number of nitrogens with zero attached hydrogens (tertiary/aromatic N) is 2. The maximum atomic E-state index is 13.2. The van der Waals surface area contributed by atoms with E-state index in [1.807, 2.05) is 50.6 Å². The second-order valence-corrected chi connectivity index (χ2v) is 7.29. The number of hydrogen-bond donors (Lipinski definition) is 2. The maximum Gasteiger partial charge on any atom is 0.227 e. The molecule has 2 aromatic carbocycles. The zero-order chi connectivity index (χ0) is 20.3. The molecule has 0 saturated heterocycles. The standard InChI is InChI=1S/C21H22ClFN4O/c1-13(21(28)26-17-7-8-19(23)18(22)10-17)9-20(24)15-5-3-14(4-6-15)16-11-25-27(2)12-16/h3-8,10-13,20H,9,24H2,1-2H3,(H,26,28). The van der Waals surface area contributed by atoms with Gasteiger partial charge in [-0.2, -0.15) is 5.10 Å². The Labute approximate surface area is 168 Å². The number of carbonyl (C=O) groups is 1. The van der Waals surface area contributed by atoms with Crippen molar-refractivity contribution >= 4 is 23.2 Å². The van der Waals surface area contributed by atoms with Gasteiger partial charge >= 0.3 is 0 Å². The molecule has 0 radical (unpaired) electrons. The van der Waals surface area contributed by atoms with Crippen LogP contribution in [0.4, 0.5) is 10.1 Å². The monoisotopic (exact) mass is 400 g/mol. The van der Waals surface area contributed by atoms with Crippen molar-refractivity contribution in [2.24, 2.45) is 18.7 Å². The van der Waals surface area contributed by atoms with E-state index in [1.165, 1.54) is 18.2 Å². The van der Waals surface area contributed by atoms with Crippen LogP contribution < -0.4 is 11.1 Å². The molecule has 0 aliphatic carbocycles. The smallest absolute Gasteiger partial charge is 0.227 e. The van der Waals surface area contributed by atoms with Crippen molar-refractivity contribution in [1.82, 2.24) is 9.78 Å². The van der Waals surface area contributed by atoms with Gasteiger partial charge in [0.15, 0.2) is 0 Å². The molecule has 0 aliphatic heterocycles. The van der Waals surface area contributed by atoms with Gasteiger partial charge < -0.3 is 11.1 Å². The normalized spacial score (nSPS) is 13.2. The average molecular weight is 401 g/mol. The number of benzene rings is 2. The predicted molar refractivity (Wildman–Crippen MR) is 109 cm³/mol. The Hall–Kier alpha value is -2.70. The topological polar surface area (TPSA) is 72.9 Å². The minimum absolute atomic E-state index is 0.0316. The molecule has 0 fully saturated rings. The molecule has 1 heterocycles. The Morgan fingerprint density at radius 2 is 1.96 bits per heavy atom. The third-order valence-corrected chi connectivity index (χ3v) is 4.91. The average Bonchev–Trinajstić information content (AvgIpc) is 3.11. The number of anilines is 1. The van der Waals surface area contributed by atoms with Gasteiger partial charge in [-0.25, -0.2) is 4.39 Å². The lowest BCUT2D eigenvalue weighted by molar-refractivity contribution is -0.119. The van der Waals surface area contributed by atoms with Crippen LogP contribution in [0.3, 0.4) is 0 Å². The van der Waals surface area contributed by atoms with Crippen molar-refractivity contribution in [3.05, 3.63) is 71.3 Å². The highest BCUT2D eigenvalue weighted by atomic mass is 35.5. The first-order chi connectivity index (χ1) is 13.3.